The van der Waals surface area contributed by atoms with Crippen LogP contribution in [0.2, 0.25) is 0 Å². The van der Waals surface area contributed by atoms with Gasteiger partial charge in [0, 0.05) is 30.2 Å². The molecule has 6 rings (SSSR count). The number of carbonyl (C=O) groups excluding carboxylic acids is 1. The Kier molecular flexibility index (Phi) is 6.31. The lowest BCUT2D eigenvalue weighted by Gasteiger charge is -2.53. The highest BCUT2D eigenvalue weighted by molar-refractivity contribution is 6.00. The summed E-state index contributed by atoms with van der Waals surface area (Å²) < 4.78 is 73.0. The molecule has 0 radical (unpaired) electrons. The van der Waals surface area contributed by atoms with Crippen LogP contribution in [0.25, 0.3) is 11.4 Å². The molecule has 0 spiro atoms. The molecule has 4 atom stereocenters. The van der Waals surface area contributed by atoms with Gasteiger partial charge in [-0.2, -0.15) is 13.2 Å². The van der Waals surface area contributed by atoms with E-state index in [9.17, 15) is 26.7 Å². The number of carbonyl (C=O) groups is 1. The zero-order valence-corrected chi connectivity index (χ0v) is 18.8. The lowest BCUT2D eigenvalue weighted by atomic mass is 9.72. The smallest absolute Gasteiger partial charge is 0.417 e. The van der Waals surface area contributed by atoms with Gasteiger partial charge in [-0.05, 0) is 55.5 Å². The predicted molar refractivity (Wildman–Crippen MR) is 118 cm³/mol. The first-order valence-electron chi connectivity index (χ1n) is 11.4. The van der Waals surface area contributed by atoms with Gasteiger partial charge in [0.05, 0.1) is 23.2 Å². The fraction of sp³-hybridized carbons (Fsp3) is 0.360. The highest BCUT2D eigenvalue weighted by atomic mass is 19.4. The molecule has 2 aromatic heterocycles. The number of nitrogens with zero attached hydrogens (tertiary/aromatic N) is 4. The van der Waals surface area contributed by atoms with E-state index < -0.39 is 48.3 Å². The number of pyridine rings is 1. The molecule has 2 bridgehead atoms. The van der Waals surface area contributed by atoms with Gasteiger partial charge >= 0.3 is 6.18 Å². The van der Waals surface area contributed by atoms with Crippen LogP contribution in [0.1, 0.15) is 35.2 Å². The van der Waals surface area contributed by atoms with Crippen molar-refractivity contribution < 1.29 is 31.5 Å². The van der Waals surface area contributed by atoms with E-state index in [0.29, 0.717) is 31.0 Å². The van der Waals surface area contributed by atoms with Crippen molar-refractivity contribution in [2.45, 2.75) is 43.6 Å². The SMILES string of the molecule is O=C(c1cc(F)ccc1-c1ncccn1)N1[C@H](CF)[C@@H]2CC[C@H]1[C@H](Oc1ccc(C(F)(F)F)cn1)C2. The average Bonchev–Trinajstić information content (AvgIpc) is 2.88. The second kappa shape index (κ2) is 9.44. The summed E-state index contributed by atoms with van der Waals surface area (Å²) >= 11 is 0. The standard InChI is InChI=1S/C25H21F5N4O2/c26-12-20-14-2-6-19(21(10-14)36-22-7-3-15(13-33-22)25(28,29)30)34(20)24(35)18-11-16(27)4-5-17(18)23-31-8-1-9-32-23/h1,3-5,7-9,11,13-14,19-21H,2,6,10,12H2/t14-,19+,20-,21-/m1/s1. The molecule has 2 aliphatic heterocycles. The molecular weight excluding hydrogens is 483 g/mol. The summed E-state index contributed by atoms with van der Waals surface area (Å²) in [5.74, 6) is -1.24. The highest BCUT2D eigenvalue weighted by Gasteiger charge is 2.50. The molecule has 11 heteroatoms. The maximum Gasteiger partial charge on any atom is 0.417 e. The Hall–Kier alpha value is -3.63. The number of benzene rings is 1. The fourth-order valence-corrected chi connectivity index (χ4v) is 5.15. The van der Waals surface area contributed by atoms with Gasteiger partial charge in [0.2, 0.25) is 5.88 Å². The van der Waals surface area contributed by atoms with E-state index in [0.717, 1.165) is 18.2 Å². The Balaban J connectivity index is 1.46. The van der Waals surface area contributed by atoms with Crippen molar-refractivity contribution in [3.63, 3.8) is 0 Å². The molecule has 3 aliphatic rings. The van der Waals surface area contributed by atoms with Crippen molar-refractivity contribution in [2.75, 3.05) is 6.67 Å². The highest BCUT2D eigenvalue weighted by Crippen LogP contribution is 2.43. The summed E-state index contributed by atoms with van der Waals surface area (Å²) in [4.78, 5) is 27.3. The van der Waals surface area contributed by atoms with Gasteiger partial charge in [0.1, 0.15) is 18.6 Å². The van der Waals surface area contributed by atoms with Crippen LogP contribution >= 0.6 is 0 Å². The summed E-state index contributed by atoms with van der Waals surface area (Å²) in [6, 6.07) is 5.99. The number of aromatic nitrogens is 3. The first-order valence-corrected chi connectivity index (χ1v) is 11.4. The zero-order chi connectivity index (χ0) is 25.4. The van der Waals surface area contributed by atoms with Crippen molar-refractivity contribution in [1.29, 1.82) is 0 Å². The molecule has 4 heterocycles. The molecule has 1 aromatic carbocycles. The van der Waals surface area contributed by atoms with Gasteiger partial charge < -0.3 is 9.64 Å². The minimum Gasteiger partial charge on any atom is -0.472 e. The molecule has 3 aromatic rings. The normalized spacial score (nSPS) is 23.5. The monoisotopic (exact) mass is 504 g/mol. The molecule has 1 amide bonds. The van der Waals surface area contributed by atoms with Crippen molar-refractivity contribution in [3.8, 4) is 17.3 Å². The van der Waals surface area contributed by atoms with E-state index in [-0.39, 0.29) is 23.2 Å². The summed E-state index contributed by atoms with van der Waals surface area (Å²) in [6.45, 7) is -0.787. The Morgan fingerprint density at radius 1 is 1.08 bits per heavy atom. The number of rotatable bonds is 5. The van der Waals surface area contributed by atoms with Crippen LogP contribution in [0, 0.1) is 11.7 Å². The number of piperidine rings is 2. The van der Waals surface area contributed by atoms with Crippen LogP contribution < -0.4 is 4.74 Å². The number of hydrogen-bond acceptors (Lipinski definition) is 5. The van der Waals surface area contributed by atoms with Crippen molar-refractivity contribution in [1.82, 2.24) is 19.9 Å². The van der Waals surface area contributed by atoms with Gasteiger partial charge in [-0.15, -0.1) is 0 Å². The first kappa shape index (κ1) is 24.1. The van der Waals surface area contributed by atoms with Crippen molar-refractivity contribution in [3.05, 3.63) is 71.9 Å². The predicted octanol–water partition coefficient (Wildman–Crippen LogP) is 5.11. The Bertz CT molecular complexity index is 1240. The van der Waals surface area contributed by atoms with Crippen molar-refractivity contribution >= 4 is 5.91 Å². The lowest BCUT2D eigenvalue weighted by molar-refractivity contribution is -0.137. The summed E-state index contributed by atoms with van der Waals surface area (Å²) in [5.41, 5.74) is -0.599. The number of halogens is 5. The zero-order valence-electron chi connectivity index (χ0n) is 18.8. The summed E-state index contributed by atoms with van der Waals surface area (Å²) in [5, 5.41) is 0. The van der Waals surface area contributed by atoms with Gasteiger partial charge in [0.15, 0.2) is 5.82 Å². The summed E-state index contributed by atoms with van der Waals surface area (Å²) in [7, 11) is 0. The molecule has 6 nitrogen and oxygen atoms in total. The van der Waals surface area contributed by atoms with E-state index in [2.05, 4.69) is 15.0 Å². The van der Waals surface area contributed by atoms with E-state index in [1.807, 2.05) is 0 Å². The number of ether oxygens (including phenoxy) is 1. The number of amides is 1. The Morgan fingerprint density at radius 2 is 1.86 bits per heavy atom. The van der Waals surface area contributed by atoms with E-state index in [1.54, 1.807) is 6.07 Å². The molecule has 1 aliphatic carbocycles. The molecule has 2 saturated heterocycles. The lowest BCUT2D eigenvalue weighted by Crippen LogP contribution is -2.65. The third-order valence-corrected chi connectivity index (χ3v) is 6.80. The van der Waals surface area contributed by atoms with Gasteiger partial charge in [0.25, 0.3) is 5.91 Å². The summed E-state index contributed by atoms with van der Waals surface area (Å²) in [6.07, 6.45) is 0.128. The van der Waals surface area contributed by atoms with Crippen LogP contribution in [-0.2, 0) is 6.18 Å². The average molecular weight is 504 g/mol. The molecule has 0 unspecified atom stereocenters. The Morgan fingerprint density at radius 3 is 2.53 bits per heavy atom. The maximum absolute atomic E-state index is 14.2. The third-order valence-electron chi connectivity index (χ3n) is 6.80. The third kappa shape index (κ3) is 4.49. The molecule has 0 N–H and O–H groups in total. The molecule has 36 heavy (non-hydrogen) atoms. The van der Waals surface area contributed by atoms with Gasteiger partial charge in [-0.25, -0.2) is 23.7 Å². The molecular formula is C25H21F5N4O2. The van der Waals surface area contributed by atoms with Crippen LogP contribution in [0.5, 0.6) is 5.88 Å². The van der Waals surface area contributed by atoms with Gasteiger partial charge in [-0.1, -0.05) is 0 Å². The number of alkyl halides is 4. The maximum atomic E-state index is 14.2. The minimum absolute atomic E-state index is 0.00129. The molecule has 1 saturated carbocycles. The minimum atomic E-state index is -4.53. The van der Waals surface area contributed by atoms with Crippen LogP contribution in [0.3, 0.4) is 0 Å². The second-order valence-electron chi connectivity index (χ2n) is 8.88. The first-order chi connectivity index (χ1) is 17.3. The van der Waals surface area contributed by atoms with E-state index >= 15 is 0 Å². The van der Waals surface area contributed by atoms with Crippen LogP contribution in [-0.4, -0.2) is 50.6 Å². The van der Waals surface area contributed by atoms with Crippen LogP contribution in [0.15, 0.2) is 55.0 Å². The number of hydrogen-bond donors (Lipinski definition) is 0. The second-order valence-corrected chi connectivity index (χ2v) is 8.88. The van der Waals surface area contributed by atoms with Crippen molar-refractivity contribution in [2.24, 2.45) is 5.92 Å². The quantitative estimate of drug-likeness (QED) is 0.452. The van der Waals surface area contributed by atoms with E-state index in [4.69, 9.17) is 4.74 Å². The number of fused-ring (bicyclic) bond motifs is 3. The Labute approximate surface area is 203 Å². The van der Waals surface area contributed by atoms with Crippen LogP contribution in [0.4, 0.5) is 22.0 Å². The topological polar surface area (TPSA) is 68.2 Å². The largest absolute Gasteiger partial charge is 0.472 e. The fourth-order valence-electron chi connectivity index (χ4n) is 5.15. The van der Waals surface area contributed by atoms with Gasteiger partial charge in [-0.3, -0.25) is 4.79 Å². The molecule has 3 fully saturated rings. The van der Waals surface area contributed by atoms with E-state index in [1.165, 1.54) is 29.4 Å². The molecule has 188 valence electrons.